The van der Waals surface area contributed by atoms with Crippen molar-refractivity contribution in [2.24, 2.45) is 0 Å². The third-order valence-corrected chi connectivity index (χ3v) is 2.09. The molecule has 0 aliphatic rings. The molecule has 100 valence electrons. The summed E-state index contributed by atoms with van der Waals surface area (Å²) in [6.45, 7) is 11.2. The zero-order valence-corrected chi connectivity index (χ0v) is 11.2. The van der Waals surface area contributed by atoms with Crippen molar-refractivity contribution in [1.29, 1.82) is 0 Å². The van der Waals surface area contributed by atoms with Crippen LogP contribution in [-0.4, -0.2) is 38.5 Å². The van der Waals surface area contributed by atoms with Crippen molar-refractivity contribution in [2.45, 2.75) is 39.7 Å². The van der Waals surface area contributed by atoms with E-state index in [4.69, 9.17) is 14.2 Å². The standard InChI is InChI=1S/C13H24O4/c1-5-7-8-17-12(4)10-15-9-11(3)13(14)16-6-2/h12H,3,5-10H2,1-2,4H3. The van der Waals surface area contributed by atoms with E-state index in [0.717, 1.165) is 19.4 Å². The Morgan fingerprint density at radius 3 is 2.65 bits per heavy atom. The van der Waals surface area contributed by atoms with Gasteiger partial charge in [0.05, 0.1) is 31.5 Å². The second-order valence-corrected chi connectivity index (χ2v) is 3.87. The van der Waals surface area contributed by atoms with Crippen LogP contribution < -0.4 is 0 Å². The van der Waals surface area contributed by atoms with Crippen LogP contribution in [0.5, 0.6) is 0 Å². The van der Waals surface area contributed by atoms with Crippen LogP contribution in [0.25, 0.3) is 0 Å². The molecule has 1 atom stereocenters. The molecule has 0 N–H and O–H groups in total. The van der Waals surface area contributed by atoms with E-state index in [1.54, 1.807) is 6.92 Å². The molecule has 0 saturated carbocycles. The Kier molecular flexibility index (Phi) is 9.77. The Bertz CT molecular complexity index is 225. The summed E-state index contributed by atoms with van der Waals surface area (Å²) >= 11 is 0. The summed E-state index contributed by atoms with van der Waals surface area (Å²) in [4.78, 5) is 11.2. The van der Waals surface area contributed by atoms with E-state index >= 15 is 0 Å². The lowest BCUT2D eigenvalue weighted by Crippen LogP contribution is -2.19. The molecule has 0 rings (SSSR count). The Balaban J connectivity index is 3.55. The van der Waals surface area contributed by atoms with E-state index in [2.05, 4.69) is 13.5 Å². The average molecular weight is 244 g/mol. The highest BCUT2D eigenvalue weighted by Crippen LogP contribution is 1.99. The molecule has 4 heteroatoms. The molecule has 0 radical (unpaired) electrons. The fourth-order valence-electron chi connectivity index (χ4n) is 1.12. The molecular weight excluding hydrogens is 220 g/mol. The van der Waals surface area contributed by atoms with Gasteiger partial charge in [0.25, 0.3) is 0 Å². The van der Waals surface area contributed by atoms with Gasteiger partial charge in [-0.25, -0.2) is 4.79 Å². The predicted molar refractivity (Wildman–Crippen MR) is 66.9 cm³/mol. The highest BCUT2D eigenvalue weighted by atomic mass is 16.5. The van der Waals surface area contributed by atoms with E-state index in [1.165, 1.54) is 0 Å². The van der Waals surface area contributed by atoms with Crippen molar-refractivity contribution < 1.29 is 19.0 Å². The molecule has 0 bridgehead atoms. The van der Waals surface area contributed by atoms with Crippen LogP contribution in [0.2, 0.25) is 0 Å². The van der Waals surface area contributed by atoms with Crippen LogP contribution in [0.1, 0.15) is 33.6 Å². The second-order valence-electron chi connectivity index (χ2n) is 3.87. The fourth-order valence-corrected chi connectivity index (χ4v) is 1.12. The molecule has 0 spiro atoms. The van der Waals surface area contributed by atoms with Gasteiger partial charge in [0.15, 0.2) is 0 Å². The largest absolute Gasteiger partial charge is 0.463 e. The van der Waals surface area contributed by atoms with Gasteiger partial charge in [-0.2, -0.15) is 0 Å². The molecular formula is C13H24O4. The summed E-state index contributed by atoms with van der Waals surface area (Å²) in [5, 5.41) is 0. The third-order valence-electron chi connectivity index (χ3n) is 2.09. The maximum Gasteiger partial charge on any atom is 0.335 e. The Morgan fingerprint density at radius 1 is 1.35 bits per heavy atom. The molecule has 0 aromatic carbocycles. The normalized spacial score (nSPS) is 12.2. The van der Waals surface area contributed by atoms with Gasteiger partial charge >= 0.3 is 5.97 Å². The number of ether oxygens (including phenoxy) is 3. The van der Waals surface area contributed by atoms with Gasteiger partial charge in [-0.1, -0.05) is 19.9 Å². The van der Waals surface area contributed by atoms with Crippen LogP contribution in [0.3, 0.4) is 0 Å². The first-order valence-electron chi connectivity index (χ1n) is 6.16. The number of carbonyl (C=O) groups is 1. The molecule has 1 unspecified atom stereocenters. The molecule has 0 aromatic heterocycles. The summed E-state index contributed by atoms with van der Waals surface area (Å²) in [5.74, 6) is -0.396. The predicted octanol–water partition coefficient (Wildman–Crippen LogP) is 2.33. The van der Waals surface area contributed by atoms with E-state index in [-0.39, 0.29) is 12.7 Å². The Hall–Kier alpha value is -0.870. The number of hydrogen-bond donors (Lipinski definition) is 0. The zero-order chi connectivity index (χ0) is 13.1. The lowest BCUT2D eigenvalue weighted by Gasteiger charge is -2.13. The Labute approximate surface area is 104 Å². The van der Waals surface area contributed by atoms with Crippen LogP contribution in [0.15, 0.2) is 12.2 Å². The monoisotopic (exact) mass is 244 g/mol. The molecule has 0 saturated heterocycles. The summed E-state index contributed by atoms with van der Waals surface area (Å²) in [5.41, 5.74) is 0.340. The maximum atomic E-state index is 11.2. The summed E-state index contributed by atoms with van der Waals surface area (Å²) in [7, 11) is 0. The van der Waals surface area contributed by atoms with Gasteiger partial charge in [-0.15, -0.1) is 0 Å². The van der Waals surface area contributed by atoms with Gasteiger partial charge < -0.3 is 14.2 Å². The van der Waals surface area contributed by atoms with Gasteiger partial charge in [-0.05, 0) is 20.3 Å². The number of unbranched alkanes of at least 4 members (excludes halogenated alkanes) is 1. The topological polar surface area (TPSA) is 44.8 Å². The lowest BCUT2D eigenvalue weighted by molar-refractivity contribution is -0.139. The third kappa shape index (κ3) is 8.89. The van der Waals surface area contributed by atoms with E-state index in [1.807, 2.05) is 6.92 Å². The second kappa shape index (κ2) is 10.3. The first-order chi connectivity index (χ1) is 8.11. The number of esters is 1. The Morgan fingerprint density at radius 2 is 2.06 bits per heavy atom. The number of rotatable bonds is 10. The molecule has 0 amide bonds. The zero-order valence-electron chi connectivity index (χ0n) is 11.2. The van der Waals surface area contributed by atoms with Crippen LogP contribution >= 0.6 is 0 Å². The molecule has 0 aliphatic carbocycles. The molecule has 17 heavy (non-hydrogen) atoms. The van der Waals surface area contributed by atoms with Crippen molar-refractivity contribution >= 4 is 5.97 Å². The summed E-state index contributed by atoms with van der Waals surface area (Å²) < 4.78 is 15.6. The highest BCUT2D eigenvalue weighted by molar-refractivity contribution is 5.87. The number of carbonyl (C=O) groups excluding carboxylic acids is 1. The van der Waals surface area contributed by atoms with E-state index in [0.29, 0.717) is 18.8 Å². The smallest absolute Gasteiger partial charge is 0.335 e. The fraction of sp³-hybridized carbons (Fsp3) is 0.769. The van der Waals surface area contributed by atoms with Gasteiger partial charge in [-0.3, -0.25) is 0 Å². The van der Waals surface area contributed by atoms with Gasteiger partial charge in [0.1, 0.15) is 0 Å². The minimum absolute atomic E-state index is 0.0385. The van der Waals surface area contributed by atoms with E-state index < -0.39 is 5.97 Å². The maximum absolute atomic E-state index is 11.2. The molecule has 0 fully saturated rings. The van der Waals surface area contributed by atoms with Crippen molar-refractivity contribution in [1.82, 2.24) is 0 Å². The van der Waals surface area contributed by atoms with Crippen LogP contribution in [0, 0.1) is 0 Å². The van der Waals surface area contributed by atoms with Gasteiger partial charge in [0, 0.05) is 6.61 Å². The van der Waals surface area contributed by atoms with Crippen molar-refractivity contribution in [3.63, 3.8) is 0 Å². The SMILES string of the molecule is C=C(COCC(C)OCCCC)C(=O)OCC. The average Bonchev–Trinajstić information content (AvgIpc) is 2.29. The number of hydrogen-bond acceptors (Lipinski definition) is 4. The van der Waals surface area contributed by atoms with Crippen molar-refractivity contribution in [2.75, 3.05) is 26.4 Å². The van der Waals surface area contributed by atoms with Crippen molar-refractivity contribution in [3.05, 3.63) is 12.2 Å². The molecule has 0 aliphatic heterocycles. The summed E-state index contributed by atoms with van der Waals surface area (Å²) in [6, 6.07) is 0. The highest BCUT2D eigenvalue weighted by Gasteiger charge is 2.09. The minimum atomic E-state index is -0.396. The first kappa shape index (κ1) is 16.1. The van der Waals surface area contributed by atoms with Crippen LogP contribution in [-0.2, 0) is 19.0 Å². The quantitative estimate of drug-likeness (QED) is 0.336. The molecule has 0 heterocycles. The van der Waals surface area contributed by atoms with Gasteiger partial charge in [0.2, 0.25) is 0 Å². The van der Waals surface area contributed by atoms with Crippen molar-refractivity contribution in [3.8, 4) is 0 Å². The minimum Gasteiger partial charge on any atom is -0.463 e. The summed E-state index contributed by atoms with van der Waals surface area (Å²) in [6.07, 6.45) is 2.21. The first-order valence-corrected chi connectivity index (χ1v) is 6.16. The van der Waals surface area contributed by atoms with Crippen LogP contribution in [0.4, 0.5) is 0 Å². The molecule has 0 aromatic rings. The lowest BCUT2D eigenvalue weighted by atomic mass is 10.3. The van der Waals surface area contributed by atoms with E-state index in [9.17, 15) is 4.79 Å². The molecule has 4 nitrogen and oxygen atoms in total.